The Kier molecular flexibility index (Phi) is 5.39. The van der Waals surface area contributed by atoms with Crippen LogP contribution in [0.1, 0.15) is 5.56 Å². The molecule has 24 heavy (non-hydrogen) atoms. The fraction of sp³-hybridized carbons (Fsp3) is 0.0625. The number of nitriles is 1. The summed E-state index contributed by atoms with van der Waals surface area (Å²) in [5.74, 6) is -0.182. The Balaban J connectivity index is 2.14. The van der Waals surface area contributed by atoms with Crippen LogP contribution in [0, 0.1) is 11.3 Å². The molecule has 0 saturated carbocycles. The van der Waals surface area contributed by atoms with E-state index < -0.39 is 19.9 Å². The summed E-state index contributed by atoms with van der Waals surface area (Å²) in [7, 11) is -7.32. The topological polar surface area (TPSA) is 104 Å². The van der Waals surface area contributed by atoms with Gasteiger partial charge in [0.15, 0.2) is 0 Å². The van der Waals surface area contributed by atoms with E-state index in [0.29, 0.717) is 5.56 Å². The molecule has 0 fully saturated rings. The maximum atomic E-state index is 12.1. The highest BCUT2D eigenvalue weighted by atomic mass is 32.2. The number of hydrogen-bond donors (Lipinski definition) is 1. The van der Waals surface area contributed by atoms with Gasteiger partial charge in [0.2, 0.25) is 19.9 Å². The number of rotatable bonds is 6. The molecule has 6 nitrogen and oxygen atoms in total. The fourth-order valence-electron chi connectivity index (χ4n) is 1.92. The van der Waals surface area contributed by atoms with Gasteiger partial charge in [-0.3, -0.25) is 4.72 Å². The molecule has 0 aliphatic carbocycles. The molecule has 2 aromatic rings. The number of allylic oxidation sites excluding steroid dienone is 1. The monoisotopic (exact) mass is 362 g/mol. The molecular formula is C16H14N2O4S2. The molecule has 2 aromatic carbocycles. The first kappa shape index (κ1) is 17.7. The lowest BCUT2D eigenvalue weighted by Crippen LogP contribution is -2.15. The van der Waals surface area contributed by atoms with Crippen molar-refractivity contribution >= 4 is 25.5 Å². The number of anilines is 1. The minimum absolute atomic E-state index is 0.0278. The van der Waals surface area contributed by atoms with Crippen molar-refractivity contribution in [2.45, 2.75) is 10.6 Å². The van der Waals surface area contributed by atoms with Gasteiger partial charge in [0, 0.05) is 17.2 Å². The Bertz CT molecular complexity index is 973. The highest BCUT2D eigenvalue weighted by Gasteiger charge is 2.13. The third kappa shape index (κ3) is 4.94. The van der Waals surface area contributed by atoms with E-state index in [1.165, 1.54) is 24.3 Å². The summed E-state index contributed by atoms with van der Waals surface area (Å²) in [6, 6.07) is 15.6. The van der Waals surface area contributed by atoms with Gasteiger partial charge in [-0.05, 0) is 29.8 Å². The molecule has 0 spiro atoms. The molecule has 0 radical (unpaired) electrons. The third-order valence-electron chi connectivity index (χ3n) is 2.98. The summed E-state index contributed by atoms with van der Waals surface area (Å²) in [6.45, 7) is 0. The van der Waals surface area contributed by atoms with Crippen LogP contribution in [0.15, 0.2) is 71.0 Å². The molecule has 0 aliphatic heterocycles. The average molecular weight is 362 g/mol. The van der Waals surface area contributed by atoms with Gasteiger partial charge in [-0.1, -0.05) is 30.3 Å². The van der Waals surface area contributed by atoms with Crippen LogP contribution in [0.3, 0.4) is 0 Å². The summed E-state index contributed by atoms with van der Waals surface area (Å²) in [4.78, 5) is -0.0278. The van der Waals surface area contributed by atoms with Crippen molar-refractivity contribution < 1.29 is 16.8 Å². The zero-order chi connectivity index (χ0) is 17.6. The molecule has 0 amide bonds. The Hall–Kier alpha value is -2.63. The van der Waals surface area contributed by atoms with E-state index in [9.17, 15) is 16.8 Å². The van der Waals surface area contributed by atoms with Crippen molar-refractivity contribution in [2.24, 2.45) is 0 Å². The van der Waals surface area contributed by atoms with E-state index in [-0.39, 0.29) is 16.3 Å². The molecule has 1 N–H and O–H groups in total. The van der Waals surface area contributed by atoms with E-state index in [1.54, 1.807) is 36.4 Å². The van der Waals surface area contributed by atoms with Gasteiger partial charge < -0.3 is 0 Å². The Morgan fingerprint density at radius 1 is 0.958 bits per heavy atom. The van der Waals surface area contributed by atoms with Crippen molar-refractivity contribution in [3.8, 4) is 6.07 Å². The van der Waals surface area contributed by atoms with Crippen LogP contribution in [0.2, 0.25) is 0 Å². The number of benzene rings is 2. The van der Waals surface area contributed by atoms with Gasteiger partial charge in [0.1, 0.15) is 0 Å². The quantitative estimate of drug-likeness (QED) is 0.795. The summed E-state index contributed by atoms with van der Waals surface area (Å²) in [6.07, 6.45) is 0.867. The lowest BCUT2D eigenvalue weighted by atomic mass is 10.2. The van der Waals surface area contributed by atoms with Crippen molar-refractivity contribution in [1.82, 2.24) is 0 Å². The van der Waals surface area contributed by atoms with Gasteiger partial charge in [-0.25, -0.2) is 16.8 Å². The Morgan fingerprint density at radius 3 is 2.17 bits per heavy atom. The first-order valence-corrected chi connectivity index (χ1v) is 9.98. The lowest BCUT2D eigenvalue weighted by Gasteiger charge is -2.08. The van der Waals surface area contributed by atoms with Gasteiger partial charge in [0.05, 0.1) is 16.7 Å². The second-order valence-electron chi connectivity index (χ2n) is 4.85. The van der Waals surface area contributed by atoms with E-state index in [0.717, 1.165) is 11.5 Å². The second kappa shape index (κ2) is 7.29. The smallest absolute Gasteiger partial charge is 0.236 e. The number of sulfonamides is 1. The van der Waals surface area contributed by atoms with Crippen molar-refractivity contribution in [3.63, 3.8) is 0 Å². The molecule has 0 saturated heterocycles. The molecule has 0 unspecified atom stereocenters. The summed E-state index contributed by atoms with van der Waals surface area (Å²) < 4.78 is 50.3. The highest BCUT2D eigenvalue weighted by Crippen LogP contribution is 2.18. The molecule has 2 rings (SSSR count). The number of nitrogens with one attached hydrogen (secondary N) is 1. The van der Waals surface area contributed by atoms with E-state index in [2.05, 4.69) is 4.72 Å². The minimum Gasteiger partial charge on any atom is -0.283 e. The van der Waals surface area contributed by atoms with Crippen molar-refractivity contribution in [3.05, 3.63) is 71.6 Å². The zero-order valence-electron chi connectivity index (χ0n) is 12.5. The zero-order valence-corrected chi connectivity index (χ0v) is 14.1. The van der Waals surface area contributed by atoms with Crippen molar-refractivity contribution in [2.75, 3.05) is 4.72 Å². The van der Waals surface area contributed by atoms with Crippen LogP contribution in [0.4, 0.5) is 5.69 Å². The van der Waals surface area contributed by atoms with Crippen molar-refractivity contribution in [1.29, 1.82) is 5.26 Å². The Morgan fingerprint density at radius 2 is 1.58 bits per heavy atom. The van der Waals surface area contributed by atoms with Crippen LogP contribution in [-0.4, -0.2) is 16.8 Å². The first-order chi connectivity index (χ1) is 11.3. The maximum Gasteiger partial charge on any atom is 0.236 e. The molecule has 0 aromatic heterocycles. The van der Waals surface area contributed by atoms with Gasteiger partial charge in [-0.2, -0.15) is 5.26 Å². The first-order valence-electron chi connectivity index (χ1n) is 6.78. The largest absolute Gasteiger partial charge is 0.283 e. The summed E-state index contributed by atoms with van der Waals surface area (Å²) in [5, 5.41) is 9.18. The SMILES string of the molecule is N#CC=CS(=O)(=O)c1ccc(NS(=O)(=O)Cc2ccccc2)cc1. The molecule has 124 valence electrons. The number of nitrogens with zero attached hydrogens (tertiary/aromatic N) is 1. The van der Waals surface area contributed by atoms with Crippen LogP contribution >= 0.6 is 0 Å². The Labute approximate surface area is 141 Å². The normalized spacial score (nSPS) is 12.0. The number of hydrogen-bond acceptors (Lipinski definition) is 5. The van der Waals surface area contributed by atoms with E-state index in [4.69, 9.17) is 5.26 Å². The predicted molar refractivity (Wildman–Crippen MR) is 91.1 cm³/mol. The average Bonchev–Trinajstić information content (AvgIpc) is 2.53. The lowest BCUT2D eigenvalue weighted by molar-refractivity contribution is 0.600. The van der Waals surface area contributed by atoms with Crippen LogP contribution in [0.25, 0.3) is 0 Å². The molecular weight excluding hydrogens is 348 g/mol. The fourth-order valence-corrected chi connectivity index (χ4v) is 4.03. The standard InChI is InChI=1S/C16H14N2O4S2/c17-11-4-12-23(19,20)16-9-7-15(8-10-16)18-24(21,22)13-14-5-2-1-3-6-14/h1-10,12,18H,13H2. The molecule has 0 atom stereocenters. The van der Waals surface area contributed by atoms with Crippen LogP contribution in [-0.2, 0) is 25.6 Å². The van der Waals surface area contributed by atoms with E-state index >= 15 is 0 Å². The minimum atomic E-state index is -3.71. The highest BCUT2D eigenvalue weighted by molar-refractivity contribution is 7.94. The van der Waals surface area contributed by atoms with Gasteiger partial charge in [0.25, 0.3) is 0 Å². The second-order valence-corrected chi connectivity index (χ2v) is 8.40. The maximum absolute atomic E-state index is 12.1. The molecule has 0 bridgehead atoms. The van der Waals surface area contributed by atoms with Crippen LogP contribution < -0.4 is 4.72 Å². The predicted octanol–water partition coefficient (Wildman–Crippen LogP) is 2.44. The summed E-state index contributed by atoms with van der Waals surface area (Å²) >= 11 is 0. The van der Waals surface area contributed by atoms with Crippen LogP contribution in [0.5, 0.6) is 0 Å². The third-order valence-corrected chi connectivity index (χ3v) is 5.66. The molecule has 0 aliphatic rings. The molecule has 0 heterocycles. The van der Waals surface area contributed by atoms with Gasteiger partial charge in [-0.15, -0.1) is 0 Å². The molecule has 8 heteroatoms. The summed E-state index contributed by atoms with van der Waals surface area (Å²) in [5.41, 5.74) is 0.903. The van der Waals surface area contributed by atoms with E-state index in [1.807, 2.05) is 0 Å². The number of sulfone groups is 1. The van der Waals surface area contributed by atoms with Gasteiger partial charge >= 0.3 is 0 Å².